The Balaban J connectivity index is 3.63. The zero-order chi connectivity index (χ0) is 7.44. The van der Waals surface area contributed by atoms with Gasteiger partial charge in [-0.05, 0) is 0 Å². The first-order valence-corrected chi connectivity index (χ1v) is 2.69. The molecule has 0 saturated carbocycles. The van der Waals surface area contributed by atoms with Gasteiger partial charge in [0.15, 0.2) is 0 Å². The molecule has 0 radical (unpaired) electrons. The molecule has 1 atom stereocenters. The molecule has 0 spiro atoms. The summed E-state index contributed by atoms with van der Waals surface area (Å²) in [5.74, 6) is -1.36. The SMILES string of the molecule is NC(=O)CC(Cl)C(N)=O. The molecule has 4 nitrogen and oxygen atoms in total. The van der Waals surface area contributed by atoms with Gasteiger partial charge >= 0.3 is 0 Å². The van der Waals surface area contributed by atoms with Gasteiger partial charge in [-0.2, -0.15) is 0 Å². The monoisotopic (exact) mass is 150 g/mol. The average Bonchev–Trinajstić information content (AvgIpc) is 1.63. The van der Waals surface area contributed by atoms with Crippen molar-refractivity contribution in [2.45, 2.75) is 11.8 Å². The normalized spacial score (nSPS) is 12.6. The summed E-state index contributed by atoms with van der Waals surface area (Å²) in [6, 6.07) is 0. The summed E-state index contributed by atoms with van der Waals surface area (Å²) in [4.78, 5) is 20.2. The van der Waals surface area contributed by atoms with Gasteiger partial charge in [-0.25, -0.2) is 0 Å². The van der Waals surface area contributed by atoms with E-state index in [1.54, 1.807) is 0 Å². The number of primary amides is 2. The van der Waals surface area contributed by atoms with Crippen LogP contribution in [0.3, 0.4) is 0 Å². The molecule has 0 aromatic carbocycles. The Morgan fingerprint density at radius 1 is 1.44 bits per heavy atom. The molecule has 52 valence electrons. The maximum absolute atomic E-state index is 10.1. The largest absolute Gasteiger partial charge is 0.370 e. The van der Waals surface area contributed by atoms with Crippen molar-refractivity contribution in [2.24, 2.45) is 11.5 Å². The second-order valence-corrected chi connectivity index (χ2v) is 2.07. The number of carbonyl (C=O) groups excluding carboxylic acids is 2. The number of nitrogens with two attached hydrogens (primary N) is 2. The Kier molecular flexibility index (Phi) is 3.01. The third-order valence-electron chi connectivity index (χ3n) is 0.689. The van der Waals surface area contributed by atoms with Crippen LogP contribution in [0.5, 0.6) is 0 Å². The molecule has 0 bridgehead atoms. The number of alkyl halides is 1. The lowest BCUT2D eigenvalue weighted by molar-refractivity contribution is -0.122. The van der Waals surface area contributed by atoms with Gasteiger partial charge in [-0.1, -0.05) is 0 Å². The van der Waals surface area contributed by atoms with Gasteiger partial charge in [0.2, 0.25) is 11.8 Å². The van der Waals surface area contributed by atoms with Gasteiger partial charge in [0.1, 0.15) is 5.38 Å². The molecule has 0 saturated heterocycles. The predicted octanol–water partition coefficient (Wildman–Crippen LogP) is -1.05. The number of hydrogen-bond donors (Lipinski definition) is 2. The second kappa shape index (κ2) is 3.29. The molecule has 0 aliphatic heterocycles. The highest BCUT2D eigenvalue weighted by Crippen LogP contribution is 1.98. The molecule has 0 rings (SSSR count). The summed E-state index contributed by atoms with van der Waals surface area (Å²) in [6.45, 7) is 0. The average molecular weight is 151 g/mol. The Labute approximate surface area is 57.1 Å². The van der Waals surface area contributed by atoms with E-state index in [9.17, 15) is 9.59 Å². The van der Waals surface area contributed by atoms with E-state index in [4.69, 9.17) is 23.1 Å². The van der Waals surface area contributed by atoms with Crippen molar-refractivity contribution in [2.75, 3.05) is 0 Å². The number of halogens is 1. The Morgan fingerprint density at radius 2 is 1.89 bits per heavy atom. The summed E-state index contributed by atoms with van der Waals surface area (Å²) in [6.07, 6.45) is -0.198. The van der Waals surface area contributed by atoms with Crippen LogP contribution in [0.1, 0.15) is 6.42 Å². The molecular formula is C4H7ClN2O2. The number of carbonyl (C=O) groups is 2. The predicted molar refractivity (Wildman–Crippen MR) is 32.6 cm³/mol. The van der Waals surface area contributed by atoms with Gasteiger partial charge in [0.25, 0.3) is 0 Å². The van der Waals surface area contributed by atoms with Crippen LogP contribution in [-0.2, 0) is 9.59 Å². The highest BCUT2D eigenvalue weighted by Gasteiger charge is 2.13. The molecule has 0 fully saturated rings. The van der Waals surface area contributed by atoms with Crippen LogP contribution < -0.4 is 11.5 Å². The van der Waals surface area contributed by atoms with E-state index >= 15 is 0 Å². The fourth-order valence-corrected chi connectivity index (χ4v) is 0.429. The van der Waals surface area contributed by atoms with E-state index in [0.29, 0.717) is 0 Å². The minimum absolute atomic E-state index is 0.198. The zero-order valence-corrected chi connectivity index (χ0v) is 5.39. The lowest BCUT2D eigenvalue weighted by atomic mass is 10.3. The molecule has 0 aliphatic carbocycles. The summed E-state index contributed by atoms with van der Waals surface area (Å²) in [5, 5.41) is -0.970. The fourth-order valence-electron chi connectivity index (χ4n) is 0.277. The maximum Gasteiger partial charge on any atom is 0.236 e. The van der Waals surface area contributed by atoms with Crippen molar-refractivity contribution in [3.05, 3.63) is 0 Å². The minimum Gasteiger partial charge on any atom is -0.370 e. The Hall–Kier alpha value is -0.770. The van der Waals surface area contributed by atoms with Crippen molar-refractivity contribution >= 4 is 23.4 Å². The molecule has 5 heteroatoms. The van der Waals surface area contributed by atoms with Crippen molar-refractivity contribution < 1.29 is 9.59 Å². The molecule has 9 heavy (non-hydrogen) atoms. The van der Waals surface area contributed by atoms with Crippen LogP contribution in [-0.4, -0.2) is 17.2 Å². The van der Waals surface area contributed by atoms with Crippen molar-refractivity contribution in [3.8, 4) is 0 Å². The lowest BCUT2D eigenvalue weighted by Crippen LogP contribution is -2.28. The molecule has 0 heterocycles. The van der Waals surface area contributed by atoms with Crippen molar-refractivity contribution in [1.29, 1.82) is 0 Å². The molecule has 0 aromatic rings. The number of rotatable bonds is 3. The quantitative estimate of drug-likeness (QED) is 0.504. The Bertz CT molecular complexity index is 137. The Morgan fingerprint density at radius 3 is 2.00 bits per heavy atom. The first-order chi connectivity index (χ1) is 4.04. The topological polar surface area (TPSA) is 86.2 Å². The molecule has 0 aliphatic rings. The molecule has 4 N–H and O–H groups in total. The highest BCUT2D eigenvalue weighted by molar-refractivity contribution is 6.31. The number of hydrogen-bond acceptors (Lipinski definition) is 2. The summed E-state index contributed by atoms with van der Waals surface area (Å²) in [5.41, 5.74) is 9.41. The smallest absolute Gasteiger partial charge is 0.236 e. The maximum atomic E-state index is 10.1. The molecular weight excluding hydrogens is 144 g/mol. The summed E-state index contributed by atoms with van der Waals surface area (Å²) < 4.78 is 0. The van der Waals surface area contributed by atoms with Crippen molar-refractivity contribution in [3.63, 3.8) is 0 Å². The summed E-state index contributed by atoms with van der Waals surface area (Å²) in [7, 11) is 0. The van der Waals surface area contributed by atoms with E-state index in [1.807, 2.05) is 0 Å². The van der Waals surface area contributed by atoms with E-state index in [0.717, 1.165) is 0 Å². The first kappa shape index (κ1) is 8.23. The van der Waals surface area contributed by atoms with Crippen LogP contribution in [0.15, 0.2) is 0 Å². The third kappa shape index (κ3) is 3.78. The molecule has 2 amide bonds. The van der Waals surface area contributed by atoms with Crippen LogP contribution in [0.25, 0.3) is 0 Å². The standard InChI is InChI=1S/C4H7ClN2O2/c5-2(4(7)9)1-3(6)8/h2H,1H2,(H2,6,8)(H2,7,9). The van der Waals surface area contributed by atoms with Crippen molar-refractivity contribution in [1.82, 2.24) is 0 Å². The van der Waals surface area contributed by atoms with Gasteiger partial charge in [0, 0.05) is 0 Å². The third-order valence-corrected chi connectivity index (χ3v) is 1.06. The van der Waals surface area contributed by atoms with E-state index in [2.05, 4.69) is 0 Å². The summed E-state index contributed by atoms with van der Waals surface area (Å²) >= 11 is 5.24. The van der Waals surface area contributed by atoms with Gasteiger partial charge in [-0.15, -0.1) is 11.6 Å². The van der Waals surface area contributed by atoms with Crippen LogP contribution in [0.4, 0.5) is 0 Å². The molecule has 1 unspecified atom stereocenters. The van der Waals surface area contributed by atoms with Gasteiger partial charge in [-0.3, -0.25) is 9.59 Å². The van der Waals surface area contributed by atoms with Crippen LogP contribution in [0, 0.1) is 0 Å². The van der Waals surface area contributed by atoms with Crippen LogP contribution in [0.2, 0.25) is 0 Å². The van der Waals surface area contributed by atoms with E-state index in [-0.39, 0.29) is 6.42 Å². The van der Waals surface area contributed by atoms with E-state index < -0.39 is 17.2 Å². The van der Waals surface area contributed by atoms with Gasteiger partial charge < -0.3 is 11.5 Å². The minimum atomic E-state index is -0.970. The second-order valence-electron chi connectivity index (χ2n) is 1.54. The molecule has 0 aromatic heterocycles. The van der Waals surface area contributed by atoms with Crippen LogP contribution >= 0.6 is 11.6 Å². The lowest BCUT2D eigenvalue weighted by Gasteiger charge is -1.98. The van der Waals surface area contributed by atoms with Gasteiger partial charge in [0.05, 0.1) is 6.42 Å². The highest BCUT2D eigenvalue weighted by atomic mass is 35.5. The fraction of sp³-hybridized carbons (Fsp3) is 0.500. The first-order valence-electron chi connectivity index (χ1n) is 2.25. The number of amides is 2. The zero-order valence-electron chi connectivity index (χ0n) is 4.63. The van der Waals surface area contributed by atoms with E-state index in [1.165, 1.54) is 0 Å².